The third-order valence-electron chi connectivity index (χ3n) is 5.65. The van der Waals surface area contributed by atoms with Crippen molar-refractivity contribution in [2.24, 2.45) is 0 Å². The Morgan fingerprint density at radius 3 is 2.49 bits per heavy atom. The van der Waals surface area contributed by atoms with E-state index in [9.17, 15) is 36.8 Å². The molecule has 13 heteroatoms. The van der Waals surface area contributed by atoms with Gasteiger partial charge in [-0.1, -0.05) is 6.07 Å². The first-order valence-electron chi connectivity index (χ1n) is 10.9. The van der Waals surface area contributed by atoms with Gasteiger partial charge in [0.1, 0.15) is 28.3 Å². The maximum atomic E-state index is 14.4. The molecule has 0 unspecified atom stereocenters. The number of benzene rings is 1. The van der Waals surface area contributed by atoms with Gasteiger partial charge in [-0.15, -0.1) is 23.1 Å². The van der Waals surface area contributed by atoms with E-state index in [1.807, 2.05) is 0 Å². The van der Waals surface area contributed by atoms with Gasteiger partial charge in [-0.05, 0) is 36.6 Å². The molecule has 0 N–H and O–H groups in total. The van der Waals surface area contributed by atoms with Crippen molar-refractivity contribution in [3.05, 3.63) is 92.9 Å². The number of carbonyl (C=O) groups is 1. The van der Waals surface area contributed by atoms with Gasteiger partial charge in [0.25, 0.3) is 5.56 Å². The van der Waals surface area contributed by atoms with Crippen molar-refractivity contribution in [2.75, 3.05) is 13.4 Å². The van der Waals surface area contributed by atoms with Crippen molar-refractivity contribution in [3.8, 4) is 27.1 Å². The minimum absolute atomic E-state index is 0.167. The number of carbonyl (C=O) groups excluding carboxylic acids is 1. The molecule has 0 radical (unpaired) electrons. The number of rotatable bonds is 6. The van der Waals surface area contributed by atoms with Gasteiger partial charge in [-0.2, -0.15) is 18.4 Å². The lowest BCUT2D eigenvalue weighted by atomic mass is 10.1. The van der Waals surface area contributed by atoms with Crippen LogP contribution in [0.25, 0.3) is 21.0 Å². The second kappa shape index (κ2) is 11.0. The third kappa shape index (κ3) is 5.57. The molecule has 4 aromatic rings. The number of thioether (sulfide) groups is 1. The van der Waals surface area contributed by atoms with Gasteiger partial charge < -0.3 is 9.30 Å². The molecular formula is C26H16F5N3O3S2. The fraction of sp³-hybridized carbons (Fsp3) is 0.154. The van der Waals surface area contributed by atoms with Gasteiger partial charge in [-0.3, -0.25) is 4.79 Å². The van der Waals surface area contributed by atoms with Crippen LogP contribution in [-0.2, 0) is 17.5 Å². The van der Waals surface area contributed by atoms with E-state index in [1.165, 1.54) is 43.3 Å². The van der Waals surface area contributed by atoms with Crippen LogP contribution in [0, 0.1) is 23.0 Å². The Bertz CT molecular complexity index is 1690. The number of methoxy groups -OCH3 is 1. The first kappa shape index (κ1) is 28.0. The molecule has 0 saturated heterocycles. The summed E-state index contributed by atoms with van der Waals surface area (Å²) in [6.45, 7) is -0.559. The zero-order chi connectivity index (χ0) is 28.5. The molecular weight excluding hydrogens is 561 g/mol. The van der Waals surface area contributed by atoms with Crippen LogP contribution in [0.15, 0.2) is 58.5 Å². The lowest BCUT2D eigenvalue weighted by molar-refractivity contribution is -0.137. The zero-order valence-corrected chi connectivity index (χ0v) is 21.7. The average Bonchev–Trinajstić information content (AvgIpc) is 3.39. The number of hydrogen-bond donors (Lipinski definition) is 0. The Kier molecular flexibility index (Phi) is 7.89. The number of alkyl halides is 3. The monoisotopic (exact) mass is 577 g/mol. The Morgan fingerprint density at radius 1 is 1.15 bits per heavy atom. The summed E-state index contributed by atoms with van der Waals surface area (Å²) in [4.78, 5) is 30.3. The number of halogens is 5. The van der Waals surface area contributed by atoms with Crippen LogP contribution in [0.4, 0.5) is 22.0 Å². The van der Waals surface area contributed by atoms with Crippen molar-refractivity contribution in [3.63, 3.8) is 0 Å². The topological polar surface area (TPSA) is 85.0 Å². The second-order valence-corrected chi connectivity index (χ2v) is 9.87. The van der Waals surface area contributed by atoms with Crippen molar-refractivity contribution < 1.29 is 31.5 Å². The quantitative estimate of drug-likeness (QED) is 0.151. The van der Waals surface area contributed by atoms with Crippen LogP contribution in [0.5, 0.6) is 0 Å². The molecule has 0 fully saturated rings. The highest BCUT2D eigenvalue weighted by atomic mass is 32.2. The lowest BCUT2D eigenvalue weighted by Gasteiger charge is -2.17. The van der Waals surface area contributed by atoms with Crippen molar-refractivity contribution in [1.29, 1.82) is 5.26 Å². The fourth-order valence-corrected chi connectivity index (χ4v) is 5.33. The largest absolute Gasteiger partial charge is 0.465 e. The van der Waals surface area contributed by atoms with Crippen LogP contribution in [0.3, 0.4) is 0 Å². The highest BCUT2D eigenvalue weighted by molar-refractivity contribution is 7.98. The number of aromatic nitrogens is 2. The molecule has 0 aliphatic carbocycles. The summed E-state index contributed by atoms with van der Waals surface area (Å²) >= 11 is 2.22. The van der Waals surface area contributed by atoms with E-state index in [1.54, 1.807) is 12.3 Å². The molecule has 0 spiro atoms. The number of esters is 1. The molecule has 6 nitrogen and oxygen atoms in total. The molecule has 39 heavy (non-hydrogen) atoms. The molecule has 3 heterocycles. The molecule has 3 aromatic heterocycles. The van der Waals surface area contributed by atoms with E-state index < -0.39 is 47.0 Å². The molecule has 0 aliphatic rings. The number of thiophene rings is 1. The number of ether oxygens (including phenoxy) is 1. The fourth-order valence-electron chi connectivity index (χ4n) is 3.80. The summed E-state index contributed by atoms with van der Waals surface area (Å²) in [7, 11) is 1.22. The molecule has 0 saturated carbocycles. The molecule has 1 aromatic carbocycles. The van der Waals surface area contributed by atoms with E-state index >= 15 is 0 Å². The first-order valence-corrected chi connectivity index (χ1v) is 12.9. The van der Waals surface area contributed by atoms with Gasteiger partial charge >= 0.3 is 12.1 Å². The Balaban J connectivity index is 1.91. The van der Waals surface area contributed by atoms with Crippen LogP contribution < -0.4 is 5.56 Å². The third-order valence-corrected chi connectivity index (χ3v) is 7.52. The van der Waals surface area contributed by atoms with Crippen molar-refractivity contribution in [1.82, 2.24) is 9.55 Å². The van der Waals surface area contributed by atoms with E-state index in [0.29, 0.717) is 27.6 Å². The van der Waals surface area contributed by atoms with Crippen molar-refractivity contribution >= 4 is 29.1 Å². The van der Waals surface area contributed by atoms with Gasteiger partial charge in [0, 0.05) is 28.3 Å². The van der Waals surface area contributed by atoms with Crippen LogP contribution >= 0.6 is 23.1 Å². The van der Waals surface area contributed by atoms with E-state index in [-0.39, 0.29) is 21.7 Å². The first-order chi connectivity index (χ1) is 18.5. The summed E-state index contributed by atoms with van der Waals surface area (Å²) < 4.78 is 75.0. The van der Waals surface area contributed by atoms with E-state index in [0.717, 1.165) is 28.0 Å². The summed E-state index contributed by atoms with van der Waals surface area (Å²) in [5.74, 6) is -2.50. The number of hydrogen-bond acceptors (Lipinski definition) is 7. The molecule has 0 aliphatic heterocycles. The summed E-state index contributed by atoms with van der Waals surface area (Å²) in [5.41, 5.74) is -3.60. The minimum Gasteiger partial charge on any atom is -0.465 e. The Labute approximate surface area is 226 Å². The van der Waals surface area contributed by atoms with Crippen molar-refractivity contribution in [2.45, 2.75) is 17.7 Å². The smallest absolute Gasteiger partial charge is 0.417 e. The number of nitriles is 1. The predicted octanol–water partition coefficient (Wildman–Crippen LogP) is 6.36. The normalized spacial score (nSPS) is 11.3. The van der Waals surface area contributed by atoms with Gasteiger partial charge in [0.2, 0.25) is 0 Å². The maximum absolute atomic E-state index is 14.4. The second-order valence-electron chi connectivity index (χ2n) is 7.99. The summed E-state index contributed by atoms with van der Waals surface area (Å²) in [6.07, 6.45) is -1.81. The SMILES string of the molecule is COC(=O)c1cc(-c2ccc(-c3cc(C(F)(F)F)c(C#N)c(=O)n3Cc3ccc(F)cc3F)s2)cnc1SC. The lowest BCUT2D eigenvalue weighted by Crippen LogP contribution is -2.28. The van der Waals surface area contributed by atoms with Gasteiger partial charge in [-0.25, -0.2) is 18.6 Å². The number of nitrogens with zero attached hydrogens (tertiary/aromatic N) is 3. The molecule has 0 bridgehead atoms. The van der Waals surface area contributed by atoms with Crippen LogP contribution in [-0.4, -0.2) is 28.9 Å². The van der Waals surface area contributed by atoms with Crippen LogP contribution in [0.2, 0.25) is 0 Å². The molecule has 0 amide bonds. The number of pyridine rings is 2. The highest BCUT2D eigenvalue weighted by Crippen LogP contribution is 2.38. The van der Waals surface area contributed by atoms with Gasteiger partial charge in [0.05, 0.1) is 35.4 Å². The summed E-state index contributed by atoms with van der Waals surface area (Å²) in [6, 6.07) is 9.12. The van der Waals surface area contributed by atoms with Gasteiger partial charge in [0.15, 0.2) is 0 Å². The van der Waals surface area contributed by atoms with E-state index in [2.05, 4.69) is 4.98 Å². The molecule has 200 valence electrons. The summed E-state index contributed by atoms with van der Waals surface area (Å²) in [5, 5.41) is 9.78. The minimum atomic E-state index is -5.02. The van der Waals surface area contributed by atoms with E-state index in [4.69, 9.17) is 4.74 Å². The predicted molar refractivity (Wildman–Crippen MR) is 136 cm³/mol. The Morgan fingerprint density at radius 2 is 1.87 bits per heavy atom. The Hall–Kier alpha value is -4.02. The molecule has 4 rings (SSSR count). The maximum Gasteiger partial charge on any atom is 0.417 e. The average molecular weight is 578 g/mol. The standard InChI is InChI=1S/C26H16F5N3O3S2/c1-37-25(36)16-7-14(11-33-23(16)38-2)21-5-6-22(39-21)20-9-18(26(29,30)31)17(10-32)24(35)34(20)12-13-3-4-15(27)8-19(13)28/h3-9,11H,12H2,1-2H3. The highest BCUT2D eigenvalue weighted by Gasteiger charge is 2.37. The van der Waals surface area contributed by atoms with Crippen LogP contribution in [0.1, 0.15) is 27.0 Å². The zero-order valence-electron chi connectivity index (χ0n) is 20.1. The molecule has 0 atom stereocenters.